The van der Waals surface area contributed by atoms with E-state index in [2.05, 4.69) is 12.2 Å². The summed E-state index contributed by atoms with van der Waals surface area (Å²) in [6, 6.07) is -0.260. The summed E-state index contributed by atoms with van der Waals surface area (Å²) in [6.45, 7) is 3.16. The lowest BCUT2D eigenvalue weighted by Crippen LogP contribution is -2.54. The van der Waals surface area contributed by atoms with Gasteiger partial charge in [-0.15, -0.1) is 0 Å². The average molecular weight is 317 g/mol. The predicted molar refractivity (Wildman–Crippen MR) is 83.0 cm³/mol. The molecule has 3 rings (SSSR count). The summed E-state index contributed by atoms with van der Waals surface area (Å²) in [4.78, 5) is 0. The van der Waals surface area contributed by atoms with Crippen molar-refractivity contribution in [2.45, 2.75) is 82.8 Å². The molecule has 0 amide bonds. The predicted octanol–water partition coefficient (Wildman–Crippen LogP) is 4.61. The number of halogens is 3. The molecular formula is C18H30F3N. The minimum Gasteiger partial charge on any atom is -0.311 e. The molecule has 4 heteroatoms. The van der Waals surface area contributed by atoms with Crippen LogP contribution in [-0.2, 0) is 0 Å². The lowest BCUT2D eigenvalue weighted by Gasteiger charge is -2.43. The molecule has 0 aromatic rings. The van der Waals surface area contributed by atoms with E-state index < -0.39 is 18.5 Å². The fraction of sp³-hybridized carbons (Fsp3) is 1.00. The third-order valence-corrected chi connectivity index (χ3v) is 6.50. The molecule has 1 nitrogen and oxygen atoms in total. The maximum absolute atomic E-state index is 14.7. The Morgan fingerprint density at radius 1 is 0.682 bits per heavy atom. The van der Waals surface area contributed by atoms with E-state index in [9.17, 15) is 13.2 Å². The van der Waals surface area contributed by atoms with Gasteiger partial charge in [0.05, 0.1) is 0 Å². The Morgan fingerprint density at radius 2 is 1.32 bits per heavy atom. The van der Waals surface area contributed by atoms with Crippen molar-refractivity contribution in [1.29, 1.82) is 0 Å². The molecule has 3 aliphatic rings. The second-order valence-electron chi connectivity index (χ2n) is 8.07. The maximum atomic E-state index is 14.7. The molecule has 2 aliphatic carbocycles. The van der Waals surface area contributed by atoms with Crippen LogP contribution in [0.1, 0.15) is 58.3 Å². The van der Waals surface area contributed by atoms with Crippen molar-refractivity contribution in [3.63, 3.8) is 0 Å². The largest absolute Gasteiger partial charge is 0.311 e. The van der Waals surface area contributed by atoms with Crippen LogP contribution in [0.3, 0.4) is 0 Å². The Hall–Kier alpha value is -0.250. The second kappa shape index (κ2) is 7.11. The van der Waals surface area contributed by atoms with Crippen LogP contribution in [0, 0.1) is 23.7 Å². The molecule has 1 heterocycles. The zero-order valence-electron chi connectivity index (χ0n) is 13.6. The molecule has 6 atom stereocenters. The molecule has 2 saturated carbocycles. The highest BCUT2D eigenvalue weighted by molar-refractivity contribution is 4.95. The smallest absolute Gasteiger partial charge is 0.131 e. The number of piperidine rings is 1. The molecule has 22 heavy (non-hydrogen) atoms. The van der Waals surface area contributed by atoms with Crippen LogP contribution < -0.4 is 5.32 Å². The molecule has 0 radical (unpaired) electrons. The minimum atomic E-state index is -1.40. The SMILES string of the molecule is CC1CCC(C2CNC(C3CCC(F)C(F)C3)C(F)C2)CC1. The normalized spacial score (nSPS) is 50.7. The molecule has 0 spiro atoms. The molecule has 0 bridgehead atoms. The molecular weight excluding hydrogens is 287 g/mol. The molecule has 3 fully saturated rings. The van der Waals surface area contributed by atoms with Gasteiger partial charge in [0.2, 0.25) is 0 Å². The van der Waals surface area contributed by atoms with E-state index in [-0.39, 0.29) is 24.8 Å². The first kappa shape index (κ1) is 16.6. The van der Waals surface area contributed by atoms with Crippen molar-refractivity contribution < 1.29 is 13.2 Å². The van der Waals surface area contributed by atoms with Gasteiger partial charge in [0.15, 0.2) is 0 Å². The van der Waals surface area contributed by atoms with Gasteiger partial charge < -0.3 is 5.32 Å². The van der Waals surface area contributed by atoms with Crippen molar-refractivity contribution in [3.8, 4) is 0 Å². The van der Waals surface area contributed by atoms with Crippen LogP contribution >= 0.6 is 0 Å². The lowest BCUT2D eigenvalue weighted by molar-refractivity contribution is 0.0303. The molecule has 1 N–H and O–H groups in total. The summed E-state index contributed by atoms with van der Waals surface area (Å²) in [5, 5.41) is 3.37. The van der Waals surface area contributed by atoms with Gasteiger partial charge in [0.25, 0.3) is 0 Å². The van der Waals surface area contributed by atoms with Crippen molar-refractivity contribution >= 4 is 0 Å². The van der Waals surface area contributed by atoms with Gasteiger partial charge in [-0.1, -0.05) is 19.8 Å². The number of alkyl halides is 3. The Bertz CT molecular complexity index is 356. The van der Waals surface area contributed by atoms with Gasteiger partial charge in [0, 0.05) is 6.04 Å². The highest BCUT2D eigenvalue weighted by Gasteiger charge is 2.42. The first-order valence-corrected chi connectivity index (χ1v) is 9.20. The molecule has 0 aromatic heterocycles. The van der Waals surface area contributed by atoms with Crippen LogP contribution in [-0.4, -0.2) is 31.1 Å². The number of hydrogen-bond acceptors (Lipinski definition) is 1. The maximum Gasteiger partial charge on any atom is 0.131 e. The first-order valence-electron chi connectivity index (χ1n) is 9.20. The van der Waals surface area contributed by atoms with E-state index in [1.165, 1.54) is 25.7 Å². The van der Waals surface area contributed by atoms with Gasteiger partial charge in [-0.05, 0) is 68.7 Å². The Balaban J connectivity index is 1.52. The van der Waals surface area contributed by atoms with E-state index in [1.54, 1.807) is 0 Å². The summed E-state index contributed by atoms with van der Waals surface area (Å²) in [5.41, 5.74) is 0. The third kappa shape index (κ3) is 3.63. The van der Waals surface area contributed by atoms with E-state index in [0.29, 0.717) is 24.7 Å². The van der Waals surface area contributed by atoms with Crippen LogP contribution in [0.15, 0.2) is 0 Å². The van der Waals surface area contributed by atoms with Crippen molar-refractivity contribution in [2.75, 3.05) is 6.54 Å². The third-order valence-electron chi connectivity index (χ3n) is 6.50. The summed E-state index contributed by atoms with van der Waals surface area (Å²) in [5.74, 6) is 1.86. The van der Waals surface area contributed by atoms with Crippen LogP contribution in [0.5, 0.6) is 0 Å². The van der Waals surface area contributed by atoms with E-state index in [0.717, 1.165) is 12.5 Å². The zero-order valence-corrected chi connectivity index (χ0v) is 13.6. The topological polar surface area (TPSA) is 12.0 Å². The molecule has 1 aliphatic heterocycles. The summed E-state index contributed by atoms with van der Waals surface area (Å²) in [6.07, 6.45) is 3.03. The van der Waals surface area contributed by atoms with Gasteiger partial charge in [-0.25, -0.2) is 13.2 Å². The standard InChI is InChI=1S/C18H30F3N/c1-11-2-4-12(5-3-11)14-9-17(21)18(22-10-14)13-6-7-15(19)16(20)8-13/h11-18,22H,2-10H2,1H3. The fourth-order valence-electron chi connectivity index (χ4n) is 4.95. The lowest BCUT2D eigenvalue weighted by atomic mass is 9.71. The van der Waals surface area contributed by atoms with Crippen LogP contribution in [0.2, 0.25) is 0 Å². The van der Waals surface area contributed by atoms with Crippen molar-refractivity contribution in [2.24, 2.45) is 23.7 Å². The van der Waals surface area contributed by atoms with Gasteiger partial charge >= 0.3 is 0 Å². The van der Waals surface area contributed by atoms with E-state index in [1.807, 2.05) is 0 Å². The Morgan fingerprint density at radius 3 is 1.95 bits per heavy atom. The van der Waals surface area contributed by atoms with Crippen LogP contribution in [0.4, 0.5) is 13.2 Å². The molecule has 128 valence electrons. The van der Waals surface area contributed by atoms with Crippen LogP contribution in [0.25, 0.3) is 0 Å². The number of nitrogens with one attached hydrogen (secondary N) is 1. The van der Waals surface area contributed by atoms with Crippen molar-refractivity contribution in [3.05, 3.63) is 0 Å². The van der Waals surface area contributed by atoms with E-state index >= 15 is 0 Å². The van der Waals surface area contributed by atoms with Gasteiger partial charge in [-0.2, -0.15) is 0 Å². The highest BCUT2D eigenvalue weighted by Crippen LogP contribution is 2.40. The zero-order chi connectivity index (χ0) is 15.7. The summed E-state index contributed by atoms with van der Waals surface area (Å²) in [7, 11) is 0. The molecule has 6 unspecified atom stereocenters. The number of rotatable bonds is 2. The molecule has 0 aromatic carbocycles. The summed E-state index contributed by atoms with van der Waals surface area (Å²) >= 11 is 0. The Labute approximate surface area is 132 Å². The quantitative estimate of drug-likeness (QED) is 0.784. The fourth-order valence-corrected chi connectivity index (χ4v) is 4.95. The highest BCUT2D eigenvalue weighted by atomic mass is 19.2. The second-order valence-corrected chi connectivity index (χ2v) is 8.07. The van der Waals surface area contributed by atoms with Gasteiger partial charge in [0.1, 0.15) is 18.5 Å². The van der Waals surface area contributed by atoms with Gasteiger partial charge in [-0.3, -0.25) is 0 Å². The van der Waals surface area contributed by atoms with Crippen molar-refractivity contribution in [1.82, 2.24) is 5.32 Å². The average Bonchev–Trinajstić information content (AvgIpc) is 2.51. The summed E-state index contributed by atoms with van der Waals surface area (Å²) < 4.78 is 41.5. The minimum absolute atomic E-state index is 0.0377. The number of hydrogen-bond donors (Lipinski definition) is 1. The molecule has 1 saturated heterocycles. The first-order chi connectivity index (χ1) is 10.5. The Kier molecular flexibility index (Phi) is 5.36. The van der Waals surface area contributed by atoms with E-state index in [4.69, 9.17) is 0 Å². The monoisotopic (exact) mass is 317 g/mol.